The highest BCUT2D eigenvalue weighted by atomic mass is 19.1. The number of amides is 2. The molecule has 1 aliphatic rings. The lowest BCUT2D eigenvalue weighted by atomic mass is 9.76. The monoisotopic (exact) mass is 439 g/mol. The molecule has 1 fully saturated rings. The van der Waals surface area contributed by atoms with Crippen molar-refractivity contribution in [3.8, 4) is 11.5 Å². The van der Waals surface area contributed by atoms with Gasteiger partial charge in [0.2, 0.25) is 0 Å². The molecular weight excluding hydrogens is 413 g/mol. The second kappa shape index (κ2) is 9.44. The molecule has 0 saturated carbocycles. The number of urea groups is 1. The topological polar surface area (TPSA) is 93.4 Å². The third-order valence-corrected chi connectivity index (χ3v) is 5.88. The third-order valence-electron chi connectivity index (χ3n) is 5.88. The van der Waals surface area contributed by atoms with Crippen LogP contribution in [0.2, 0.25) is 0 Å². The van der Waals surface area contributed by atoms with Gasteiger partial charge < -0.3 is 19.5 Å². The maximum Gasteiger partial charge on any atom is 0.321 e. The van der Waals surface area contributed by atoms with Crippen LogP contribution in [-0.2, 0) is 10.2 Å². The van der Waals surface area contributed by atoms with Crippen LogP contribution in [0.3, 0.4) is 0 Å². The number of pyridine rings is 1. The first kappa shape index (κ1) is 21.9. The molecule has 1 N–H and O–H groups in total. The maximum atomic E-state index is 13.9. The van der Waals surface area contributed by atoms with Crippen LogP contribution in [0.25, 0.3) is 11.5 Å². The number of nitrogens with zero attached hydrogens (tertiary/aromatic N) is 4. The molecule has 168 valence electrons. The second-order valence-electron chi connectivity index (χ2n) is 8.11. The molecule has 2 aromatic heterocycles. The van der Waals surface area contributed by atoms with Gasteiger partial charge in [-0.1, -0.05) is 11.2 Å². The number of carbonyl (C=O) groups excluding carboxylic acids is 1. The summed E-state index contributed by atoms with van der Waals surface area (Å²) in [5, 5.41) is 7.06. The van der Waals surface area contributed by atoms with Gasteiger partial charge in [-0.25, -0.2) is 9.18 Å². The smallest absolute Gasteiger partial charge is 0.321 e. The molecule has 3 heterocycles. The summed E-state index contributed by atoms with van der Waals surface area (Å²) in [5.74, 6) is 0.583. The molecule has 0 radical (unpaired) electrons. The largest absolute Gasteiger partial charge is 0.385 e. The molecule has 9 heteroatoms. The lowest BCUT2D eigenvalue weighted by molar-refractivity contribution is 0.111. The number of piperidine rings is 1. The number of benzene rings is 1. The molecule has 1 unspecified atom stereocenters. The molecular formula is C23H26FN5O3. The lowest BCUT2D eigenvalue weighted by Gasteiger charge is -2.40. The van der Waals surface area contributed by atoms with Gasteiger partial charge in [0.25, 0.3) is 5.89 Å². The van der Waals surface area contributed by atoms with Gasteiger partial charge in [-0.2, -0.15) is 4.98 Å². The summed E-state index contributed by atoms with van der Waals surface area (Å²) < 4.78 is 24.8. The van der Waals surface area contributed by atoms with E-state index >= 15 is 0 Å². The van der Waals surface area contributed by atoms with E-state index in [-0.39, 0.29) is 11.8 Å². The van der Waals surface area contributed by atoms with E-state index in [9.17, 15) is 9.18 Å². The van der Waals surface area contributed by atoms with Crippen molar-refractivity contribution in [1.29, 1.82) is 0 Å². The molecule has 0 spiro atoms. The molecule has 8 nitrogen and oxygen atoms in total. The standard InChI is InChI=1S/C23H26FN5O3/c1-16-6-7-18(13-19(16)24)26-22(30)29-11-4-8-23(15-29,9-12-31-2)21-27-20(32-28-21)17-5-3-10-25-14-17/h3,5-7,10,13-14H,4,8-9,11-12,15H2,1-2H3,(H,26,30). The molecule has 1 aliphatic heterocycles. The van der Waals surface area contributed by atoms with Gasteiger partial charge in [-0.05, 0) is 56.0 Å². The van der Waals surface area contributed by atoms with Crippen LogP contribution in [0.15, 0.2) is 47.2 Å². The number of aryl methyl sites for hydroxylation is 1. The quantitative estimate of drug-likeness (QED) is 0.619. The van der Waals surface area contributed by atoms with Crippen molar-refractivity contribution in [2.75, 3.05) is 32.1 Å². The van der Waals surface area contributed by atoms with Crippen LogP contribution < -0.4 is 5.32 Å². The van der Waals surface area contributed by atoms with Crippen molar-refractivity contribution in [1.82, 2.24) is 20.0 Å². The Morgan fingerprint density at radius 1 is 1.38 bits per heavy atom. The van der Waals surface area contributed by atoms with Crippen LogP contribution in [0.1, 0.15) is 30.7 Å². The fourth-order valence-electron chi connectivity index (χ4n) is 4.02. The first-order valence-corrected chi connectivity index (χ1v) is 10.6. The zero-order valence-electron chi connectivity index (χ0n) is 18.2. The summed E-state index contributed by atoms with van der Waals surface area (Å²) in [7, 11) is 1.64. The van der Waals surface area contributed by atoms with E-state index in [0.29, 0.717) is 49.1 Å². The van der Waals surface area contributed by atoms with Crippen molar-refractivity contribution >= 4 is 11.7 Å². The van der Waals surface area contributed by atoms with Gasteiger partial charge in [0.15, 0.2) is 5.82 Å². The molecule has 2 amide bonds. The van der Waals surface area contributed by atoms with Gasteiger partial charge in [0.1, 0.15) is 5.82 Å². The van der Waals surface area contributed by atoms with E-state index in [0.717, 1.165) is 18.4 Å². The normalized spacial score (nSPS) is 18.5. The van der Waals surface area contributed by atoms with E-state index in [2.05, 4.69) is 20.4 Å². The molecule has 32 heavy (non-hydrogen) atoms. The SMILES string of the molecule is COCCC1(c2noc(-c3cccnc3)n2)CCCN(C(=O)Nc2ccc(C)c(F)c2)C1. The predicted molar refractivity (Wildman–Crippen MR) is 117 cm³/mol. The Labute approximate surface area is 185 Å². The molecule has 0 bridgehead atoms. The minimum Gasteiger partial charge on any atom is -0.385 e. The minimum absolute atomic E-state index is 0.286. The molecule has 1 atom stereocenters. The number of aromatic nitrogens is 3. The van der Waals surface area contributed by atoms with Crippen molar-refractivity contribution in [3.63, 3.8) is 0 Å². The second-order valence-corrected chi connectivity index (χ2v) is 8.11. The fraction of sp³-hybridized carbons (Fsp3) is 0.391. The zero-order valence-corrected chi connectivity index (χ0v) is 18.2. The van der Waals surface area contributed by atoms with Gasteiger partial charge in [0.05, 0.1) is 11.0 Å². The number of anilines is 1. The number of rotatable bonds is 6. The highest BCUT2D eigenvalue weighted by Gasteiger charge is 2.42. The summed E-state index contributed by atoms with van der Waals surface area (Å²) in [6, 6.07) is 8.04. The van der Waals surface area contributed by atoms with E-state index in [1.54, 1.807) is 49.5 Å². The van der Waals surface area contributed by atoms with Crippen molar-refractivity contribution in [3.05, 3.63) is 59.9 Å². The van der Waals surface area contributed by atoms with Gasteiger partial charge in [-0.15, -0.1) is 0 Å². The van der Waals surface area contributed by atoms with Crippen LogP contribution in [0.4, 0.5) is 14.9 Å². The number of ether oxygens (including phenoxy) is 1. The number of carbonyl (C=O) groups is 1. The number of halogens is 1. The molecule has 3 aromatic rings. The average molecular weight is 439 g/mol. The van der Waals surface area contributed by atoms with Crippen molar-refractivity contribution < 1.29 is 18.4 Å². The van der Waals surface area contributed by atoms with E-state index in [1.807, 2.05) is 6.07 Å². The predicted octanol–water partition coefficient (Wildman–Crippen LogP) is 4.18. The third kappa shape index (κ3) is 4.62. The van der Waals surface area contributed by atoms with Crippen LogP contribution in [0, 0.1) is 12.7 Å². The summed E-state index contributed by atoms with van der Waals surface area (Å²) in [5.41, 5.74) is 1.18. The van der Waals surface area contributed by atoms with E-state index < -0.39 is 5.41 Å². The molecule has 1 aromatic carbocycles. The van der Waals surface area contributed by atoms with Gasteiger partial charge >= 0.3 is 6.03 Å². The Hall–Kier alpha value is -3.33. The minimum atomic E-state index is -0.506. The summed E-state index contributed by atoms with van der Waals surface area (Å²) in [4.78, 5) is 23.4. The van der Waals surface area contributed by atoms with E-state index in [4.69, 9.17) is 9.26 Å². The van der Waals surface area contributed by atoms with Crippen LogP contribution in [-0.4, -0.2) is 52.9 Å². The maximum absolute atomic E-state index is 13.9. The fourth-order valence-corrected chi connectivity index (χ4v) is 4.02. The number of nitrogens with one attached hydrogen (secondary N) is 1. The zero-order chi connectivity index (χ0) is 22.6. The Bertz CT molecular complexity index is 1070. The van der Waals surface area contributed by atoms with Gasteiger partial charge in [0, 0.05) is 44.9 Å². The Morgan fingerprint density at radius 3 is 3.00 bits per heavy atom. The van der Waals surface area contributed by atoms with Crippen molar-refractivity contribution in [2.24, 2.45) is 0 Å². The number of methoxy groups -OCH3 is 1. The summed E-state index contributed by atoms with van der Waals surface area (Å²) in [6.07, 6.45) is 5.55. The average Bonchev–Trinajstić information content (AvgIpc) is 3.32. The Morgan fingerprint density at radius 2 is 2.25 bits per heavy atom. The van der Waals surface area contributed by atoms with Crippen LogP contribution in [0.5, 0.6) is 0 Å². The summed E-state index contributed by atoms with van der Waals surface area (Å²) in [6.45, 7) is 3.17. The first-order chi connectivity index (χ1) is 15.5. The van der Waals surface area contributed by atoms with Crippen molar-refractivity contribution in [2.45, 2.75) is 31.6 Å². The molecule has 0 aliphatic carbocycles. The molecule has 4 rings (SSSR count). The summed E-state index contributed by atoms with van der Waals surface area (Å²) >= 11 is 0. The Balaban J connectivity index is 1.56. The highest BCUT2D eigenvalue weighted by Crippen LogP contribution is 2.37. The number of hydrogen-bond donors (Lipinski definition) is 1. The van der Waals surface area contributed by atoms with Crippen LogP contribution >= 0.6 is 0 Å². The molecule has 1 saturated heterocycles. The van der Waals surface area contributed by atoms with Gasteiger partial charge in [-0.3, -0.25) is 4.98 Å². The highest BCUT2D eigenvalue weighted by molar-refractivity contribution is 5.89. The first-order valence-electron chi connectivity index (χ1n) is 10.6. The number of likely N-dealkylation sites (tertiary alicyclic amines) is 1. The Kier molecular flexibility index (Phi) is 6.45. The number of hydrogen-bond acceptors (Lipinski definition) is 6. The van der Waals surface area contributed by atoms with E-state index in [1.165, 1.54) is 6.07 Å². The lowest BCUT2D eigenvalue weighted by Crippen LogP contribution is -2.50.